The van der Waals surface area contributed by atoms with E-state index in [0.29, 0.717) is 11.4 Å². The summed E-state index contributed by atoms with van der Waals surface area (Å²) < 4.78 is 0. The quantitative estimate of drug-likeness (QED) is 0.805. The van der Waals surface area contributed by atoms with Gasteiger partial charge in [-0.05, 0) is 43.4 Å². The van der Waals surface area contributed by atoms with E-state index in [9.17, 15) is 9.90 Å². The van der Waals surface area contributed by atoms with Gasteiger partial charge in [0.05, 0.1) is 18.7 Å². The fourth-order valence-electron chi connectivity index (χ4n) is 3.27. The second kappa shape index (κ2) is 7.80. The third-order valence-electron chi connectivity index (χ3n) is 4.51. The molecule has 1 amide bonds. The molecule has 0 spiro atoms. The lowest BCUT2D eigenvalue weighted by molar-refractivity contribution is -0.146. The molecule has 1 N–H and O–H groups in total. The molecule has 1 aromatic rings. The molecule has 1 fully saturated rings. The number of rotatable bonds is 6. The summed E-state index contributed by atoms with van der Waals surface area (Å²) in [5.41, 5.74) is 1.08. The van der Waals surface area contributed by atoms with Gasteiger partial charge in [0.25, 0.3) is 0 Å². The zero-order valence-corrected chi connectivity index (χ0v) is 13.8. The van der Waals surface area contributed by atoms with Crippen molar-refractivity contribution in [2.45, 2.75) is 44.7 Å². The van der Waals surface area contributed by atoms with Crippen molar-refractivity contribution in [3.8, 4) is 0 Å². The number of benzene rings is 1. The Bertz CT molecular complexity index is 510. The van der Waals surface area contributed by atoms with Crippen molar-refractivity contribution in [3.63, 3.8) is 0 Å². The van der Waals surface area contributed by atoms with Crippen LogP contribution in [0.15, 0.2) is 36.9 Å². The van der Waals surface area contributed by atoms with Gasteiger partial charge < -0.3 is 10.0 Å². The molecule has 22 heavy (non-hydrogen) atoms. The molecule has 0 radical (unpaired) electrons. The summed E-state index contributed by atoms with van der Waals surface area (Å²) in [5.74, 6) is 0.119. The summed E-state index contributed by atoms with van der Waals surface area (Å²) in [6.07, 6.45) is 5.01. The lowest BCUT2D eigenvalue weighted by atomic mass is 9.85. The van der Waals surface area contributed by atoms with Gasteiger partial charge >= 0.3 is 0 Å². The average molecular weight is 322 g/mol. The van der Waals surface area contributed by atoms with Crippen LogP contribution in [0.1, 0.15) is 44.2 Å². The summed E-state index contributed by atoms with van der Waals surface area (Å²) in [5, 5.41) is 10.4. The van der Waals surface area contributed by atoms with E-state index in [1.165, 1.54) is 0 Å². The number of piperidine rings is 1. The van der Waals surface area contributed by atoms with Crippen molar-refractivity contribution < 1.29 is 9.90 Å². The lowest BCUT2D eigenvalue weighted by Gasteiger charge is -2.43. The molecule has 1 aliphatic heterocycles. The van der Waals surface area contributed by atoms with Gasteiger partial charge in [-0.25, -0.2) is 0 Å². The highest BCUT2D eigenvalue weighted by molar-refractivity contribution is 6.30. The molecule has 2 unspecified atom stereocenters. The zero-order chi connectivity index (χ0) is 16.1. The predicted molar refractivity (Wildman–Crippen MR) is 89.7 cm³/mol. The monoisotopic (exact) mass is 321 g/mol. The molecule has 3 nitrogen and oxygen atoms in total. The molecule has 2 rings (SSSR count). The number of likely N-dealkylation sites (tertiary alicyclic amines) is 1. The molecule has 1 saturated heterocycles. The first kappa shape index (κ1) is 17.0. The number of carbonyl (C=O) groups excluding carboxylic acids is 1. The van der Waals surface area contributed by atoms with E-state index < -0.39 is 0 Å². The summed E-state index contributed by atoms with van der Waals surface area (Å²) in [4.78, 5) is 14.8. The van der Waals surface area contributed by atoms with Crippen LogP contribution in [-0.2, 0) is 4.79 Å². The minimum absolute atomic E-state index is 0.00681. The third-order valence-corrected chi connectivity index (χ3v) is 4.76. The standard InChI is InChI=1S/C18H24ClNO2/c1-3-5-14-8-11-17(13-6-9-15(19)10-7-13)20(18(14)22)16(4-2)12-21/h3,6-7,9-10,14,16-17,21H,1,4-5,8,11-12H2,2H3/t14?,16?,17-/m0/s1. The molecule has 1 aromatic carbocycles. The Morgan fingerprint density at radius 3 is 2.64 bits per heavy atom. The Balaban J connectivity index is 2.32. The highest BCUT2D eigenvalue weighted by atomic mass is 35.5. The Labute approximate surface area is 137 Å². The Morgan fingerprint density at radius 1 is 1.41 bits per heavy atom. The van der Waals surface area contributed by atoms with Crippen molar-refractivity contribution in [2.75, 3.05) is 6.61 Å². The molecule has 1 aliphatic rings. The van der Waals surface area contributed by atoms with E-state index in [-0.39, 0.29) is 30.5 Å². The van der Waals surface area contributed by atoms with Gasteiger partial charge in [-0.15, -0.1) is 6.58 Å². The maximum atomic E-state index is 12.9. The Morgan fingerprint density at radius 2 is 2.09 bits per heavy atom. The van der Waals surface area contributed by atoms with Gasteiger partial charge in [0.2, 0.25) is 5.91 Å². The second-order valence-electron chi connectivity index (χ2n) is 5.86. The smallest absolute Gasteiger partial charge is 0.226 e. The van der Waals surface area contributed by atoms with Crippen molar-refractivity contribution in [1.82, 2.24) is 4.90 Å². The normalized spacial score (nSPS) is 23.4. The van der Waals surface area contributed by atoms with Crippen LogP contribution in [0.5, 0.6) is 0 Å². The number of hydrogen-bond acceptors (Lipinski definition) is 2. The minimum Gasteiger partial charge on any atom is -0.394 e. The largest absolute Gasteiger partial charge is 0.394 e. The maximum Gasteiger partial charge on any atom is 0.226 e. The molecular formula is C18H24ClNO2. The summed E-state index contributed by atoms with van der Waals surface area (Å²) in [7, 11) is 0. The number of nitrogens with zero attached hydrogens (tertiary/aromatic N) is 1. The molecular weight excluding hydrogens is 298 g/mol. The molecule has 4 heteroatoms. The molecule has 3 atom stereocenters. The van der Waals surface area contributed by atoms with Crippen LogP contribution in [0.4, 0.5) is 0 Å². The van der Waals surface area contributed by atoms with E-state index in [2.05, 4.69) is 6.58 Å². The highest BCUT2D eigenvalue weighted by Gasteiger charge is 2.38. The number of aliphatic hydroxyl groups is 1. The maximum absolute atomic E-state index is 12.9. The van der Waals surface area contributed by atoms with Gasteiger partial charge in [0.1, 0.15) is 0 Å². The second-order valence-corrected chi connectivity index (χ2v) is 6.29. The number of carbonyl (C=O) groups is 1. The average Bonchev–Trinajstić information content (AvgIpc) is 2.53. The van der Waals surface area contributed by atoms with Crippen LogP contribution < -0.4 is 0 Å². The predicted octanol–water partition coefficient (Wildman–Crippen LogP) is 3.97. The van der Waals surface area contributed by atoms with E-state index in [4.69, 9.17) is 11.6 Å². The molecule has 0 aliphatic carbocycles. The van der Waals surface area contributed by atoms with E-state index in [1.807, 2.05) is 42.2 Å². The molecule has 120 valence electrons. The summed E-state index contributed by atoms with van der Waals surface area (Å²) in [6, 6.07) is 7.55. The van der Waals surface area contributed by atoms with Gasteiger partial charge in [0.15, 0.2) is 0 Å². The van der Waals surface area contributed by atoms with Crippen LogP contribution >= 0.6 is 11.6 Å². The zero-order valence-electron chi connectivity index (χ0n) is 13.0. The van der Waals surface area contributed by atoms with Gasteiger partial charge in [-0.2, -0.15) is 0 Å². The van der Waals surface area contributed by atoms with Gasteiger partial charge in [0, 0.05) is 10.9 Å². The number of amides is 1. The first-order valence-corrected chi connectivity index (χ1v) is 8.29. The van der Waals surface area contributed by atoms with E-state index in [0.717, 1.165) is 24.8 Å². The Kier molecular flexibility index (Phi) is 6.04. The SMILES string of the molecule is C=CCC1CC[C@@H](c2ccc(Cl)cc2)N(C(CC)CO)C1=O. The molecule has 0 aromatic heterocycles. The highest BCUT2D eigenvalue weighted by Crippen LogP contribution is 2.37. The first-order chi connectivity index (χ1) is 10.6. The molecule has 0 bridgehead atoms. The number of aliphatic hydroxyl groups excluding tert-OH is 1. The van der Waals surface area contributed by atoms with Crippen molar-refractivity contribution in [1.29, 1.82) is 0 Å². The lowest BCUT2D eigenvalue weighted by Crippen LogP contribution is -2.50. The van der Waals surface area contributed by atoms with Crippen LogP contribution in [0, 0.1) is 5.92 Å². The van der Waals surface area contributed by atoms with Crippen LogP contribution in [0.3, 0.4) is 0 Å². The van der Waals surface area contributed by atoms with Crippen molar-refractivity contribution >= 4 is 17.5 Å². The fraction of sp³-hybridized carbons (Fsp3) is 0.500. The van der Waals surface area contributed by atoms with Gasteiger partial charge in [-0.3, -0.25) is 4.79 Å². The van der Waals surface area contributed by atoms with E-state index in [1.54, 1.807) is 0 Å². The van der Waals surface area contributed by atoms with Crippen LogP contribution in [-0.4, -0.2) is 28.6 Å². The Hall–Kier alpha value is -1.32. The molecule has 1 heterocycles. The number of halogens is 1. The topological polar surface area (TPSA) is 40.5 Å². The number of hydrogen-bond donors (Lipinski definition) is 1. The minimum atomic E-state index is -0.138. The van der Waals surface area contributed by atoms with Crippen molar-refractivity contribution in [2.24, 2.45) is 5.92 Å². The van der Waals surface area contributed by atoms with Gasteiger partial charge in [-0.1, -0.05) is 36.7 Å². The summed E-state index contributed by atoms with van der Waals surface area (Å²) >= 11 is 5.97. The fourth-order valence-corrected chi connectivity index (χ4v) is 3.39. The van der Waals surface area contributed by atoms with Crippen LogP contribution in [0.25, 0.3) is 0 Å². The van der Waals surface area contributed by atoms with E-state index >= 15 is 0 Å². The molecule has 0 saturated carbocycles. The van der Waals surface area contributed by atoms with Crippen molar-refractivity contribution in [3.05, 3.63) is 47.5 Å². The van der Waals surface area contributed by atoms with Crippen LogP contribution in [0.2, 0.25) is 5.02 Å². The third kappa shape index (κ3) is 3.53. The summed E-state index contributed by atoms with van der Waals surface area (Å²) in [6.45, 7) is 5.75. The number of allylic oxidation sites excluding steroid dienone is 1. The first-order valence-electron chi connectivity index (χ1n) is 7.91.